The molecule has 1 unspecified atom stereocenters. The van der Waals surface area contributed by atoms with Gasteiger partial charge in [0.25, 0.3) is 0 Å². The van der Waals surface area contributed by atoms with Gasteiger partial charge in [0.2, 0.25) is 5.91 Å². The summed E-state index contributed by atoms with van der Waals surface area (Å²) in [4.78, 5) is 22.3. The number of carbonyl (C=O) groups is 2. The minimum absolute atomic E-state index is 0.0613. The number of amides is 1. The molecule has 0 saturated heterocycles. The first-order valence-electron chi connectivity index (χ1n) is 5.51. The number of methoxy groups -OCH3 is 1. The summed E-state index contributed by atoms with van der Waals surface area (Å²) >= 11 is 0. The highest BCUT2D eigenvalue weighted by Crippen LogP contribution is 2.01. The largest absolute Gasteiger partial charge is 0.466 e. The summed E-state index contributed by atoms with van der Waals surface area (Å²) in [6, 6.07) is 0. The molecule has 0 rings (SSSR count). The van der Waals surface area contributed by atoms with Crippen LogP contribution in [0.2, 0.25) is 0 Å². The smallest absolute Gasteiger partial charge is 0.307 e. The zero-order chi connectivity index (χ0) is 12.4. The van der Waals surface area contributed by atoms with Crippen molar-refractivity contribution in [1.29, 1.82) is 0 Å². The number of hydrogen-bond acceptors (Lipinski definition) is 4. The van der Waals surface area contributed by atoms with Crippen LogP contribution in [-0.4, -0.2) is 38.7 Å². The van der Waals surface area contributed by atoms with Gasteiger partial charge in [-0.05, 0) is 12.8 Å². The van der Waals surface area contributed by atoms with Crippen molar-refractivity contribution in [2.24, 2.45) is 5.92 Å². The summed E-state index contributed by atoms with van der Waals surface area (Å²) < 4.78 is 9.66. The lowest BCUT2D eigenvalue weighted by Crippen LogP contribution is -2.28. The van der Waals surface area contributed by atoms with Gasteiger partial charge in [-0.15, -0.1) is 0 Å². The maximum Gasteiger partial charge on any atom is 0.307 e. The minimum Gasteiger partial charge on any atom is -0.466 e. The molecule has 1 atom stereocenters. The highest BCUT2D eigenvalue weighted by molar-refractivity contribution is 5.77. The molecule has 0 saturated carbocycles. The van der Waals surface area contributed by atoms with E-state index in [1.807, 2.05) is 6.92 Å². The molecule has 5 nitrogen and oxygen atoms in total. The van der Waals surface area contributed by atoms with E-state index >= 15 is 0 Å². The van der Waals surface area contributed by atoms with Crippen LogP contribution in [0.25, 0.3) is 0 Å². The Morgan fingerprint density at radius 3 is 2.62 bits per heavy atom. The maximum atomic E-state index is 11.3. The number of ether oxygens (including phenoxy) is 2. The van der Waals surface area contributed by atoms with Gasteiger partial charge in [-0.1, -0.05) is 6.92 Å². The molecule has 0 aromatic carbocycles. The van der Waals surface area contributed by atoms with Crippen molar-refractivity contribution in [3.63, 3.8) is 0 Å². The molecule has 1 amide bonds. The van der Waals surface area contributed by atoms with E-state index in [-0.39, 0.29) is 24.2 Å². The molecule has 0 fully saturated rings. The summed E-state index contributed by atoms with van der Waals surface area (Å²) in [5.41, 5.74) is 0. The third-order valence-corrected chi connectivity index (χ3v) is 1.94. The second-order valence-electron chi connectivity index (χ2n) is 3.67. The van der Waals surface area contributed by atoms with E-state index in [0.717, 1.165) is 0 Å². The summed E-state index contributed by atoms with van der Waals surface area (Å²) in [5.74, 6) is -0.158. The Balaban J connectivity index is 3.54. The molecule has 94 valence electrons. The first-order chi connectivity index (χ1) is 7.60. The normalized spacial score (nSPS) is 11.9. The van der Waals surface area contributed by atoms with Crippen LogP contribution in [0.15, 0.2) is 0 Å². The topological polar surface area (TPSA) is 64.6 Å². The van der Waals surface area contributed by atoms with E-state index in [4.69, 9.17) is 9.47 Å². The van der Waals surface area contributed by atoms with Gasteiger partial charge in [0.05, 0.1) is 13.0 Å². The van der Waals surface area contributed by atoms with Crippen LogP contribution >= 0.6 is 0 Å². The quantitative estimate of drug-likeness (QED) is 0.625. The highest BCUT2D eigenvalue weighted by atomic mass is 16.5. The van der Waals surface area contributed by atoms with Crippen molar-refractivity contribution in [3.8, 4) is 0 Å². The van der Waals surface area contributed by atoms with E-state index in [2.05, 4.69) is 5.32 Å². The fraction of sp³-hybridized carbons (Fsp3) is 0.818. The third kappa shape index (κ3) is 8.23. The molecular formula is C11H21NO4. The molecule has 0 aromatic rings. The molecular weight excluding hydrogens is 210 g/mol. The van der Waals surface area contributed by atoms with Crippen LogP contribution in [0.3, 0.4) is 0 Å². The standard InChI is InChI=1S/C11H21NO4/c1-4-16-11(14)5-6-12-10(13)7-9(2)8-15-3/h9H,4-8H2,1-3H3,(H,12,13). The molecule has 0 radical (unpaired) electrons. The number of hydrogen-bond donors (Lipinski definition) is 1. The zero-order valence-electron chi connectivity index (χ0n) is 10.2. The lowest BCUT2D eigenvalue weighted by Gasteiger charge is -2.10. The monoisotopic (exact) mass is 231 g/mol. The second-order valence-corrected chi connectivity index (χ2v) is 3.67. The Morgan fingerprint density at radius 1 is 1.38 bits per heavy atom. The van der Waals surface area contributed by atoms with Crippen LogP contribution in [0.5, 0.6) is 0 Å². The van der Waals surface area contributed by atoms with Gasteiger partial charge in [0.15, 0.2) is 0 Å². The number of rotatable bonds is 8. The molecule has 0 bridgehead atoms. The highest BCUT2D eigenvalue weighted by Gasteiger charge is 2.09. The molecule has 0 heterocycles. The maximum absolute atomic E-state index is 11.3. The third-order valence-electron chi connectivity index (χ3n) is 1.94. The fourth-order valence-electron chi connectivity index (χ4n) is 1.27. The Labute approximate surface area is 96.5 Å². The van der Waals surface area contributed by atoms with Crippen LogP contribution in [0.1, 0.15) is 26.7 Å². The fourth-order valence-corrected chi connectivity index (χ4v) is 1.27. The summed E-state index contributed by atoms with van der Waals surface area (Å²) in [7, 11) is 1.61. The van der Waals surface area contributed by atoms with Crippen molar-refractivity contribution in [2.75, 3.05) is 26.9 Å². The Morgan fingerprint density at radius 2 is 2.06 bits per heavy atom. The summed E-state index contributed by atoms with van der Waals surface area (Å²) in [6.45, 7) is 4.96. The van der Waals surface area contributed by atoms with Crippen molar-refractivity contribution in [3.05, 3.63) is 0 Å². The molecule has 0 spiro atoms. The summed E-state index contributed by atoms with van der Waals surface area (Å²) in [5, 5.41) is 2.67. The lowest BCUT2D eigenvalue weighted by atomic mass is 10.1. The van der Waals surface area contributed by atoms with Crippen molar-refractivity contribution in [1.82, 2.24) is 5.32 Å². The molecule has 0 aromatic heterocycles. The van der Waals surface area contributed by atoms with Crippen LogP contribution in [-0.2, 0) is 19.1 Å². The van der Waals surface area contributed by atoms with Crippen LogP contribution in [0.4, 0.5) is 0 Å². The lowest BCUT2D eigenvalue weighted by molar-refractivity contribution is -0.143. The van der Waals surface area contributed by atoms with E-state index in [1.54, 1.807) is 14.0 Å². The summed E-state index contributed by atoms with van der Waals surface area (Å²) in [6.07, 6.45) is 0.634. The van der Waals surface area contributed by atoms with Crippen molar-refractivity contribution < 1.29 is 19.1 Å². The first kappa shape index (κ1) is 14.9. The average molecular weight is 231 g/mol. The first-order valence-corrected chi connectivity index (χ1v) is 5.51. The van der Waals surface area contributed by atoms with E-state index in [0.29, 0.717) is 26.2 Å². The number of nitrogens with one attached hydrogen (secondary N) is 1. The van der Waals surface area contributed by atoms with E-state index in [9.17, 15) is 9.59 Å². The van der Waals surface area contributed by atoms with Gasteiger partial charge in [-0.2, -0.15) is 0 Å². The predicted molar refractivity (Wildman–Crippen MR) is 59.9 cm³/mol. The average Bonchev–Trinajstić information content (AvgIpc) is 2.18. The van der Waals surface area contributed by atoms with Gasteiger partial charge in [-0.25, -0.2) is 0 Å². The van der Waals surface area contributed by atoms with Gasteiger partial charge >= 0.3 is 5.97 Å². The van der Waals surface area contributed by atoms with E-state index in [1.165, 1.54) is 0 Å². The SMILES string of the molecule is CCOC(=O)CCNC(=O)CC(C)COC. The predicted octanol–water partition coefficient (Wildman–Crippen LogP) is 0.728. The number of carbonyl (C=O) groups excluding carboxylic acids is 2. The molecule has 0 aliphatic carbocycles. The molecule has 0 aliphatic heterocycles. The van der Waals surface area contributed by atoms with Gasteiger partial charge in [0, 0.05) is 26.7 Å². The van der Waals surface area contributed by atoms with Gasteiger partial charge in [0.1, 0.15) is 0 Å². The van der Waals surface area contributed by atoms with Crippen LogP contribution < -0.4 is 5.32 Å². The van der Waals surface area contributed by atoms with Gasteiger partial charge < -0.3 is 14.8 Å². The second kappa shape index (κ2) is 9.15. The Hall–Kier alpha value is -1.10. The van der Waals surface area contributed by atoms with Crippen molar-refractivity contribution in [2.45, 2.75) is 26.7 Å². The Bertz CT molecular complexity index is 218. The van der Waals surface area contributed by atoms with Gasteiger partial charge in [-0.3, -0.25) is 9.59 Å². The zero-order valence-corrected chi connectivity index (χ0v) is 10.2. The molecule has 1 N–H and O–H groups in total. The van der Waals surface area contributed by atoms with E-state index < -0.39 is 0 Å². The molecule has 0 aliphatic rings. The number of esters is 1. The van der Waals surface area contributed by atoms with Crippen LogP contribution in [0, 0.1) is 5.92 Å². The Kier molecular flexibility index (Phi) is 8.52. The minimum atomic E-state index is -0.285. The molecule has 5 heteroatoms. The van der Waals surface area contributed by atoms with Crippen molar-refractivity contribution >= 4 is 11.9 Å². The molecule has 16 heavy (non-hydrogen) atoms.